The van der Waals surface area contributed by atoms with Crippen LogP contribution >= 0.6 is 11.6 Å². The van der Waals surface area contributed by atoms with Crippen LogP contribution in [-0.4, -0.2) is 16.8 Å². The highest BCUT2D eigenvalue weighted by molar-refractivity contribution is 6.30. The van der Waals surface area contributed by atoms with E-state index in [1.807, 2.05) is 48.5 Å². The van der Waals surface area contributed by atoms with Gasteiger partial charge in [-0.05, 0) is 59.7 Å². The molecule has 0 saturated carbocycles. The van der Waals surface area contributed by atoms with Crippen LogP contribution in [0.5, 0.6) is 5.75 Å². The normalized spacial score (nSPS) is 10.7. The summed E-state index contributed by atoms with van der Waals surface area (Å²) in [6, 6.07) is 30.6. The van der Waals surface area contributed by atoms with Gasteiger partial charge in [0.1, 0.15) is 18.1 Å². The second kappa shape index (κ2) is 11.7. The lowest BCUT2D eigenvalue weighted by molar-refractivity contribution is 0.0944. The molecule has 4 aromatic carbocycles. The molecule has 4 N–H and O–H groups in total. The number of aromatic nitrogens is 1. The Kier molecular flexibility index (Phi) is 7.70. The molecule has 0 aliphatic carbocycles. The molecule has 0 spiro atoms. The fraction of sp³-hybridized carbons (Fsp3) is 0.0645. The van der Waals surface area contributed by atoms with Crippen molar-refractivity contribution in [2.75, 3.05) is 11.1 Å². The van der Waals surface area contributed by atoms with E-state index in [0.717, 1.165) is 16.5 Å². The number of halogens is 1. The number of carbonyl (C=O) groups excluding carboxylic acids is 2. The Morgan fingerprint density at radius 1 is 0.821 bits per heavy atom. The largest absolute Gasteiger partial charge is 0.488 e. The minimum absolute atomic E-state index is 0.247. The third-order valence-electron chi connectivity index (χ3n) is 6.10. The fourth-order valence-corrected chi connectivity index (χ4v) is 4.10. The smallest absolute Gasteiger partial charge is 0.270 e. The molecule has 39 heavy (non-hydrogen) atoms. The van der Waals surface area contributed by atoms with Gasteiger partial charge in [-0.1, -0.05) is 60.1 Å². The molecule has 5 aromatic rings. The molecular formula is C31H25ClN4O3. The average Bonchev–Trinajstić information content (AvgIpc) is 2.96. The quantitative estimate of drug-likeness (QED) is 0.204. The number of hydrogen-bond donors (Lipinski definition) is 3. The Morgan fingerprint density at radius 2 is 1.51 bits per heavy atom. The van der Waals surface area contributed by atoms with E-state index >= 15 is 0 Å². The van der Waals surface area contributed by atoms with Crippen LogP contribution in [0.4, 0.5) is 11.4 Å². The zero-order valence-electron chi connectivity index (χ0n) is 20.9. The van der Waals surface area contributed by atoms with Crippen LogP contribution < -0.4 is 21.1 Å². The van der Waals surface area contributed by atoms with Gasteiger partial charge in [0, 0.05) is 28.6 Å². The van der Waals surface area contributed by atoms with Gasteiger partial charge in [0.05, 0.1) is 16.9 Å². The Balaban J connectivity index is 1.25. The third-order valence-corrected chi connectivity index (χ3v) is 6.35. The van der Waals surface area contributed by atoms with E-state index in [4.69, 9.17) is 22.1 Å². The lowest BCUT2D eigenvalue weighted by Crippen LogP contribution is -2.24. The molecule has 0 fully saturated rings. The van der Waals surface area contributed by atoms with Gasteiger partial charge in [0.2, 0.25) is 0 Å². The summed E-state index contributed by atoms with van der Waals surface area (Å²) < 4.78 is 6.08. The lowest BCUT2D eigenvalue weighted by Gasteiger charge is -2.12. The summed E-state index contributed by atoms with van der Waals surface area (Å²) in [6.07, 6.45) is 0. The van der Waals surface area contributed by atoms with E-state index in [2.05, 4.69) is 15.6 Å². The first-order valence-electron chi connectivity index (χ1n) is 12.3. The maximum atomic E-state index is 13.0. The number of nitrogens with two attached hydrogens (primary N) is 1. The van der Waals surface area contributed by atoms with Crippen molar-refractivity contribution in [3.8, 4) is 5.75 Å². The monoisotopic (exact) mass is 536 g/mol. The molecule has 2 amide bonds. The van der Waals surface area contributed by atoms with Gasteiger partial charge in [0.15, 0.2) is 0 Å². The molecule has 0 atom stereocenters. The summed E-state index contributed by atoms with van der Waals surface area (Å²) in [5.74, 6) is -0.0384. The highest BCUT2D eigenvalue weighted by Crippen LogP contribution is 2.27. The van der Waals surface area contributed by atoms with E-state index in [1.165, 1.54) is 0 Å². The van der Waals surface area contributed by atoms with Crippen molar-refractivity contribution in [1.82, 2.24) is 10.3 Å². The van der Waals surface area contributed by atoms with Crippen LogP contribution in [0.25, 0.3) is 10.9 Å². The average molecular weight is 537 g/mol. The van der Waals surface area contributed by atoms with Crippen LogP contribution in [0.3, 0.4) is 0 Å². The Hall–Kier alpha value is -4.88. The van der Waals surface area contributed by atoms with E-state index in [9.17, 15) is 9.59 Å². The molecule has 194 valence electrons. The molecule has 0 aliphatic rings. The summed E-state index contributed by atoms with van der Waals surface area (Å²) in [4.78, 5) is 30.1. The number of ether oxygens (including phenoxy) is 1. The van der Waals surface area contributed by atoms with Gasteiger partial charge in [-0.2, -0.15) is 0 Å². The van der Waals surface area contributed by atoms with E-state index in [0.29, 0.717) is 39.8 Å². The Morgan fingerprint density at radius 3 is 2.28 bits per heavy atom. The number of nitrogens with one attached hydrogen (secondary N) is 2. The second-order valence-corrected chi connectivity index (χ2v) is 9.30. The first-order chi connectivity index (χ1) is 19.0. The first-order valence-corrected chi connectivity index (χ1v) is 12.6. The maximum Gasteiger partial charge on any atom is 0.270 e. The van der Waals surface area contributed by atoms with Gasteiger partial charge in [-0.3, -0.25) is 9.59 Å². The number of pyridine rings is 1. The molecule has 8 heteroatoms. The minimum atomic E-state index is -0.335. The zero-order valence-corrected chi connectivity index (χ0v) is 21.6. The van der Waals surface area contributed by atoms with Crippen LogP contribution in [0.1, 0.15) is 32.0 Å². The van der Waals surface area contributed by atoms with E-state index in [-0.39, 0.29) is 24.1 Å². The number of amides is 2. The van der Waals surface area contributed by atoms with Crippen molar-refractivity contribution in [3.63, 3.8) is 0 Å². The van der Waals surface area contributed by atoms with E-state index < -0.39 is 0 Å². The summed E-state index contributed by atoms with van der Waals surface area (Å²) in [5.41, 5.74) is 10.1. The predicted molar refractivity (Wildman–Crippen MR) is 154 cm³/mol. The van der Waals surface area contributed by atoms with Crippen LogP contribution in [0.2, 0.25) is 5.02 Å². The van der Waals surface area contributed by atoms with Crippen molar-refractivity contribution >= 4 is 45.7 Å². The first kappa shape index (κ1) is 25.8. The fourth-order valence-electron chi connectivity index (χ4n) is 3.97. The number of nitrogens with zero attached hydrogens (tertiary/aromatic N) is 1. The standard InChI is InChI=1S/C31H25ClN4O3/c32-23-15-11-21(12-16-23)19-39-29-17-28(35-26-7-3-1-5-24(26)29)31(38)34-18-20-9-13-22(14-10-20)30(37)36-27-8-4-2-6-25(27)33/h1-17H,18-19,33H2,(H,34,38)(H,36,37). The molecule has 0 radical (unpaired) electrons. The summed E-state index contributed by atoms with van der Waals surface area (Å²) in [6.45, 7) is 0.588. The number of nitrogen functional groups attached to an aromatic ring is 1. The number of hydrogen-bond acceptors (Lipinski definition) is 5. The zero-order chi connectivity index (χ0) is 27.2. The van der Waals surface area contributed by atoms with Gasteiger partial charge >= 0.3 is 0 Å². The molecular weight excluding hydrogens is 512 g/mol. The summed E-state index contributed by atoms with van der Waals surface area (Å²) >= 11 is 5.98. The summed E-state index contributed by atoms with van der Waals surface area (Å²) in [5, 5.41) is 7.16. The predicted octanol–water partition coefficient (Wildman–Crippen LogP) is 6.23. The SMILES string of the molecule is Nc1ccccc1NC(=O)c1ccc(CNC(=O)c2cc(OCc3ccc(Cl)cc3)c3ccccc3n2)cc1. The number of para-hydroxylation sites is 3. The van der Waals surface area contributed by atoms with Gasteiger partial charge < -0.3 is 21.1 Å². The second-order valence-electron chi connectivity index (χ2n) is 8.86. The van der Waals surface area contributed by atoms with Crippen molar-refractivity contribution in [2.45, 2.75) is 13.2 Å². The molecule has 0 saturated heterocycles. The minimum Gasteiger partial charge on any atom is -0.488 e. The molecule has 0 bridgehead atoms. The molecule has 0 aliphatic heterocycles. The number of fused-ring (bicyclic) bond motifs is 1. The van der Waals surface area contributed by atoms with Crippen molar-refractivity contribution < 1.29 is 14.3 Å². The highest BCUT2D eigenvalue weighted by Gasteiger charge is 2.14. The molecule has 1 aromatic heterocycles. The van der Waals surface area contributed by atoms with Crippen LogP contribution in [-0.2, 0) is 13.2 Å². The Bertz CT molecular complexity index is 1640. The van der Waals surface area contributed by atoms with Crippen LogP contribution in [0.15, 0.2) is 103 Å². The summed E-state index contributed by atoms with van der Waals surface area (Å²) in [7, 11) is 0. The third kappa shape index (κ3) is 6.34. The number of rotatable bonds is 8. The van der Waals surface area contributed by atoms with Gasteiger partial charge in [-0.15, -0.1) is 0 Å². The number of benzene rings is 4. The van der Waals surface area contributed by atoms with Crippen molar-refractivity contribution in [3.05, 3.63) is 131 Å². The van der Waals surface area contributed by atoms with E-state index in [1.54, 1.807) is 54.6 Å². The molecule has 5 rings (SSSR count). The lowest BCUT2D eigenvalue weighted by atomic mass is 10.1. The number of anilines is 2. The Labute approximate surface area is 230 Å². The van der Waals surface area contributed by atoms with Crippen LogP contribution in [0, 0.1) is 0 Å². The van der Waals surface area contributed by atoms with Crippen molar-refractivity contribution in [2.24, 2.45) is 0 Å². The number of carbonyl (C=O) groups is 2. The highest BCUT2D eigenvalue weighted by atomic mass is 35.5. The molecule has 7 nitrogen and oxygen atoms in total. The maximum absolute atomic E-state index is 13.0. The molecule has 1 heterocycles. The van der Waals surface area contributed by atoms with Gasteiger partial charge in [0.25, 0.3) is 11.8 Å². The molecule has 0 unspecified atom stereocenters. The van der Waals surface area contributed by atoms with Crippen molar-refractivity contribution in [1.29, 1.82) is 0 Å². The van der Waals surface area contributed by atoms with Gasteiger partial charge in [-0.25, -0.2) is 4.98 Å². The topological polar surface area (TPSA) is 106 Å².